The van der Waals surface area contributed by atoms with E-state index in [2.05, 4.69) is 43.6 Å². The van der Waals surface area contributed by atoms with Crippen LogP contribution in [-0.4, -0.2) is 4.98 Å². The molecule has 0 saturated heterocycles. The molecular weight excluding hydrogens is 406 g/mol. The van der Waals surface area contributed by atoms with Gasteiger partial charge in [-0.2, -0.15) is 0 Å². The zero-order chi connectivity index (χ0) is 23.3. The van der Waals surface area contributed by atoms with Crippen molar-refractivity contribution < 1.29 is 8.98 Å². The molecule has 5 rings (SSSR count). The van der Waals surface area contributed by atoms with Crippen LogP contribution in [0.5, 0.6) is 0 Å². The lowest BCUT2D eigenvalue weighted by Gasteiger charge is -2.22. The lowest BCUT2D eigenvalue weighted by Crippen LogP contribution is -2.31. The van der Waals surface area contributed by atoms with Gasteiger partial charge in [-0.15, -0.1) is 0 Å². The third kappa shape index (κ3) is 3.29. The quantitative estimate of drug-likeness (QED) is 0.217. The molecule has 0 saturated carbocycles. The van der Waals surface area contributed by atoms with Crippen LogP contribution in [0.4, 0.5) is 5.69 Å². The van der Waals surface area contributed by atoms with E-state index in [-0.39, 0.29) is 5.41 Å². The van der Waals surface area contributed by atoms with Crippen molar-refractivity contribution in [1.82, 2.24) is 4.98 Å². The highest BCUT2D eigenvalue weighted by Crippen LogP contribution is 2.47. The van der Waals surface area contributed by atoms with Crippen molar-refractivity contribution in [3.63, 3.8) is 0 Å². The Morgan fingerprint density at radius 3 is 2.39 bits per heavy atom. The molecule has 0 spiro atoms. The van der Waals surface area contributed by atoms with E-state index in [4.69, 9.17) is 11.0 Å². The number of rotatable bonds is 2. The first-order valence-electron chi connectivity index (χ1n) is 11.1. The van der Waals surface area contributed by atoms with Crippen LogP contribution < -0.4 is 4.57 Å². The van der Waals surface area contributed by atoms with Crippen molar-refractivity contribution in [3.8, 4) is 22.4 Å². The third-order valence-corrected chi connectivity index (χ3v) is 6.27. The zero-order valence-corrected chi connectivity index (χ0v) is 19.6. The fourth-order valence-electron chi connectivity index (χ4n) is 4.71. The number of aryl methyl sites for hydroxylation is 2. The Bertz CT molecular complexity index is 1560. The van der Waals surface area contributed by atoms with E-state index >= 15 is 0 Å². The molecule has 0 unspecified atom stereocenters. The fraction of sp³-hybridized carbons (Fsp3) is 0.207. The topological polar surface area (TPSA) is 34.3 Å². The number of benzene rings is 3. The Kier molecular flexibility index (Phi) is 4.79. The number of hydrogen-bond acceptors (Lipinski definition) is 2. The van der Waals surface area contributed by atoms with Gasteiger partial charge < -0.3 is 4.42 Å². The average Bonchev–Trinajstić information content (AvgIpc) is 3.17. The van der Waals surface area contributed by atoms with E-state index < -0.39 is 0 Å². The Morgan fingerprint density at radius 1 is 0.970 bits per heavy atom. The van der Waals surface area contributed by atoms with Gasteiger partial charge in [0.05, 0.1) is 19.2 Å². The summed E-state index contributed by atoms with van der Waals surface area (Å²) in [6.45, 7) is 16.6. The van der Waals surface area contributed by atoms with Gasteiger partial charge in [0.25, 0.3) is 6.33 Å². The summed E-state index contributed by atoms with van der Waals surface area (Å²) < 4.78 is 8.78. The molecule has 0 aliphatic heterocycles. The molecule has 0 amide bonds. The molecule has 5 aromatic rings. The lowest BCUT2D eigenvalue weighted by molar-refractivity contribution is -0.663. The van der Waals surface area contributed by atoms with Crippen LogP contribution >= 0.6 is 0 Å². The summed E-state index contributed by atoms with van der Waals surface area (Å²) in [7, 11) is 2.00. The van der Waals surface area contributed by atoms with Crippen LogP contribution in [0.15, 0.2) is 71.5 Å². The van der Waals surface area contributed by atoms with Crippen LogP contribution in [0.3, 0.4) is 0 Å². The number of furan rings is 1. The molecule has 3 aromatic carbocycles. The highest BCUT2D eigenvalue weighted by molar-refractivity contribution is 6.16. The summed E-state index contributed by atoms with van der Waals surface area (Å²) in [5, 5.41) is 2.16. The largest absolute Gasteiger partial charge is 0.456 e. The van der Waals surface area contributed by atoms with Crippen molar-refractivity contribution >= 4 is 27.6 Å². The highest BCUT2D eigenvalue weighted by atomic mass is 16.3. The molecule has 0 aliphatic carbocycles. The smallest absolute Gasteiger partial charge is 0.286 e. The molecule has 4 nitrogen and oxygen atoms in total. The summed E-state index contributed by atoms with van der Waals surface area (Å²) in [6.07, 6.45) is 3.63. The van der Waals surface area contributed by atoms with Gasteiger partial charge in [0.1, 0.15) is 23.1 Å². The second-order valence-electron chi connectivity index (χ2n) is 9.56. The Labute approximate surface area is 194 Å². The van der Waals surface area contributed by atoms with Crippen molar-refractivity contribution in [2.45, 2.75) is 33.1 Å². The van der Waals surface area contributed by atoms with Gasteiger partial charge in [0, 0.05) is 22.4 Å². The van der Waals surface area contributed by atoms with Gasteiger partial charge in [-0.25, -0.2) is 9.41 Å². The molecule has 162 valence electrons. The number of nitrogens with zero attached hydrogens (tertiary/aromatic N) is 3. The summed E-state index contributed by atoms with van der Waals surface area (Å²) in [5.41, 5.74) is 8.46. The molecule has 0 atom stereocenters. The molecule has 0 N–H and O–H groups in total. The molecule has 0 aliphatic rings. The van der Waals surface area contributed by atoms with Crippen molar-refractivity contribution in [3.05, 3.63) is 89.7 Å². The lowest BCUT2D eigenvalue weighted by atomic mass is 9.81. The second kappa shape index (κ2) is 7.56. The standard InChI is InChI=1S/C29H26N3O/c1-18-16-21(29(2,3)4)26-20-12-13-22(30-5)25(19-10-8-7-9-11-19)27(20)33-28(26)24(18)23-14-15-31-17-32(23)6/h7-17H,1-4,6H3/q+1. The first kappa shape index (κ1) is 20.9. The third-order valence-electron chi connectivity index (χ3n) is 6.27. The Balaban J connectivity index is 2.02. The first-order chi connectivity index (χ1) is 15.8. The summed E-state index contributed by atoms with van der Waals surface area (Å²) in [4.78, 5) is 8.08. The van der Waals surface area contributed by atoms with Crippen LogP contribution in [0.2, 0.25) is 0 Å². The minimum Gasteiger partial charge on any atom is -0.456 e. The normalized spacial score (nSPS) is 11.8. The predicted molar refractivity (Wildman–Crippen MR) is 133 cm³/mol. The maximum absolute atomic E-state index is 7.80. The highest BCUT2D eigenvalue weighted by Gasteiger charge is 2.28. The Hall–Kier alpha value is -3.97. The average molecular weight is 433 g/mol. The van der Waals surface area contributed by atoms with Crippen LogP contribution in [0.1, 0.15) is 31.9 Å². The first-order valence-corrected chi connectivity index (χ1v) is 11.1. The fourth-order valence-corrected chi connectivity index (χ4v) is 4.71. The SMILES string of the molecule is [C-]#[N+]c1ccc2c(oc3c(-c4ccnc[n+]4C)c(C)cc(C(C)(C)C)c32)c1-c1ccccc1. The number of hydrogen-bond donors (Lipinski definition) is 0. The maximum atomic E-state index is 7.80. The van der Waals surface area contributed by atoms with E-state index in [1.54, 1.807) is 0 Å². The molecule has 0 radical (unpaired) electrons. The van der Waals surface area contributed by atoms with Gasteiger partial charge in [-0.05, 0) is 29.0 Å². The predicted octanol–water partition coefficient (Wildman–Crippen LogP) is 7.30. The summed E-state index contributed by atoms with van der Waals surface area (Å²) >= 11 is 0. The van der Waals surface area contributed by atoms with Crippen LogP contribution in [-0.2, 0) is 12.5 Å². The molecule has 33 heavy (non-hydrogen) atoms. The van der Waals surface area contributed by atoms with Crippen LogP contribution in [0, 0.1) is 13.5 Å². The van der Waals surface area contributed by atoms with Crippen molar-refractivity contribution in [2.24, 2.45) is 7.05 Å². The Morgan fingerprint density at radius 2 is 1.73 bits per heavy atom. The van der Waals surface area contributed by atoms with E-state index in [1.807, 2.05) is 72.7 Å². The van der Waals surface area contributed by atoms with Gasteiger partial charge >= 0.3 is 0 Å². The maximum Gasteiger partial charge on any atom is 0.286 e. The summed E-state index contributed by atoms with van der Waals surface area (Å²) in [6, 6.07) is 18.3. The summed E-state index contributed by atoms with van der Waals surface area (Å²) in [5.74, 6) is 0. The molecular formula is C29H26N3O+. The zero-order valence-electron chi connectivity index (χ0n) is 19.6. The van der Waals surface area contributed by atoms with Gasteiger partial charge in [0.15, 0.2) is 5.69 Å². The van der Waals surface area contributed by atoms with Gasteiger partial charge in [-0.1, -0.05) is 74.3 Å². The molecule has 4 heteroatoms. The van der Waals surface area contributed by atoms with Crippen LogP contribution in [0.25, 0.3) is 49.2 Å². The van der Waals surface area contributed by atoms with E-state index in [0.717, 1.165) is 49.9 Å². The molecule has 0 fully saturated rings. The van der Waals surface area contributed by atoms with E-state index in [9.17, 15) is 0 Å². The minimum atomic E-state index is -0.0792. The van der Waals surface area contributed by atoms with E-state index in [0.29, 0.717) is 5.69 Å². The van der Waals surface area contributed by atoms with Gasteiger partial charge in [-0.3, -0.25) is 0 Å². The van der Waals surface area contributed by atoms with E-state index in [1.165, 1.54) is 5.56 Å². The number of fused-ring (bicyclic) bond motifs is 3. The van der Waals surface area contributed by atoms with Gasteiger partial charge in [0.2, 0.25) is 0 Å². The second-order valence-corrected chi connectivity index (χ2v) is 9.56. The molecule has 2 aromatic heterocycles. The van der Waals surface area contributed by atoms with Crippen molar-refractivity contribution in [1.29, 1.82) is 0 Å². The monoisotopic (exact) mass is 432 g/mol. The molecule has 2 heterocycles. The van der Waals surface area contributed by atoms with Crippen molar-refractivity contribution in [2.75, 3.05) is 0 Å². The molecule has 0 bridgehead atoms. The number of aromatic nitrogens is 2. The minimum absolute atomic E-state index is 0.0792.